The summed E-state index contributed by atoms with van der Waals surface area (Å²) >= 11 is 0. The molecular weight excluding hydrogens is 452 g/mol. The Balaban J connectivity index is 3.77. The third-order valence-corrected chi connectivity index (χ3v) is 5.62. The highest BCUT2D eigenvalue weighted by Gasteiger charge is 2.15. The molecule has 1 unspecified atom stereocenters. The molecule has 1 atom stereocenters. The summed E-state index contributed by atoms with van der Waals surface area (Å²) in [4.78, 5) is 23.9. The van der Waals surface area contributed by atoms with Gasteiger partial charge in [0.1, 0.15) is 6.61 Å². The van der Waals surface area contributed by atoms with E-state index in [4.69, 9.17) is 9.47 Å². The van der Waals surface area contributed by atoms with E-state index in [0.717, 1.165) is 44.9 Å². The first kappa shape index (κ1) is 33.9. The van der Waals surface area contributed by atoms with Gasteiger partial charge in [0.2, 0.25) is 0 Å². The zero-order valence-electron chi connectivity index (χ0n) is 23.0. The van der Waals surface area contributed by atoms with Crippen molar-refractivity contribution in [2.45, 2.75) is 123 Å². The molecule has 5 heteroatoms. The highest BCUT2D eigenvalue weighted by Crippen LogP contribution is 2.08. The molecule has 0 rings (SSSR count). The number of esters is 2. The van der Waals surface area contributed by atoms with Gasteiger partial charge in [-0.1, -0.05) is 94.6 Å². The quantitative estimate of drug-likeness (QED) is 0.0820. The Bertz CT molecular complexity index is 633. The third kappa shape index (κ3) is 25.0. The number of rotatable bonds is 24. The number of ether oxygens (including phenoxy) is 2. The van der Waals surface area contributed by atoms with Crippen molar-refractivity contribution in [3.63, 3.8) is 0 Å². The summed E-state index contributed by atoms with van der Waals surface area (Å²) in [7, 11) is 0. The fraction of sp³-hybridized carbons (Fsp3) is 0.677. The second kappa shape index (κ2) is 27.4. The Morgan fingerprint density at radius 1 is 0.667 bits per heavy atom. The maximum absolute atomic E-state index is 12.0. The number of hydrogen-bond acceptors (Lipinski definition) is 5. The van der Waals surface area contributed by atoms with Crippen molar-refractivity contribution in [2.75, 3.05) is 13.2 Å². The Labute approximate surface area is 220 Å². The van der Waals surface area contributed by atoms with E-state index in [1.807, 2.05) is 6.08 Å². The molecule has 5 nitrogen and oxygen atoms in total. The molecule has 0 fully saturated rings. The van der Waals surface area contributed by atoms with Crippen LogP contribution in [0.2, 0.25) is 0 Å². The van der Waals surface area contributed by atoms with Crippen LogP contribution < -0.4 is 0 Å². The molecule has 206 valence electrons. The standard InChI is InChI=1S/C31H52O5/c1-3-5-7-9-11-13-14-15-16-18-19-21-23-25-30(33)35-28-29(27-32)36-31(34)26-24-22-20-17-12-10-8-6-4-2/h6,8,12,15-17,19,21,29,32H,3-5,7,9-11,13-14,18,20,22-28H2,1-2H3/b8-6+,16-15+,17-12+,21-19+. The molecule has 0 heterocycles. The van der Waals surface area contributed by atoms with Crippen LogP contribution in [0.1, 0.15) is 117 Å². The van der Waals surface area contributed by atoms with E-state index in [9.17, 15) is 14.7 Å². The van der Waals surface area contributed by atoms with Crippen LogP contribution in [-0.2, 0) is 19.1 Å². The number of unbranched alkanes of at least 4 members (excludes halogenated alkanes) is 8. The molecule has 0 saturated heterocycles. The number of carbonyl (C=O) groups excluding carboxylic acids is 2. The minimum absolute atomic E-state index is 0.111. The molecule has 0 spiro atoms. The number of carbonyl (C=O) groups is 2. The number of allylic oxidation sites excluding steroid dienone is 8. The molecule has 0 amide bonds. The molecule has 1 N–H and O–H groups in total. The van der Waals surface area contributed by atoms with Crippen molar-refractivity contribution >= 4 is 11.9 Å². The normalized spacial score (nSPS) is 12.9. The van der Waals surface area contributed by atoms with Gasteiger partial charge in [0.05, 0.1) is 6.61 Å². The van der Waals surface area contributed by atoms with Crippen molar-refractivity contribution in [1.29, 1.82) is 0 Å². The number of aliphatic hydroxyl groups excluding tert-OH is 1. The van der Waals surface area contributed by atoms with Crippen LogP contribution in [0.25, 0.3) is 0 Å². The maximum atomic E-state index is 12.0. The predicted molar refractivity (Wildman–Crippen MR) is 150 cm³/mol. The van der Waals surface area contributed by atoms with Crippen LogP contribution in [0.15, 0.2) is 48.6 Å². The fourth-order valence-electron chi connectivity index (χ4n) is 3.46. The number of hydrogen-bond donors (Lipinski definition) is 1. The molecule has 0 aliphatic carbocycles. The van der Waals surface area contributed by atoms with Crippen molar-refractivity contribution < 1.29 is 24.2 Å². The summed E-state index contributed by atoms with van der Waals surface area (Å²) in [5.74, 6) is -0.722. The van der Waals surface area contributed by atoms with E-state index in [0.29, 0.717) is 12.8 Å². The van der Waals surface area contributed by atoms with Gasteiger partial charge in [-0.15, -0.1) is 0 Å². The van der Waals surface area contributed by atoms with E-state index in [-0.39, 0.29) is 31.6 Å². The topological polar surface area (TPSA) is 72.8 Å². The monoisotopic (exact) mass is 504 g/mol. The minimum atomic E-state index is -0.806. The summed E-state index contributed by atoms with van der Waals surface area (Å²) in [6, 6.07) is 0. The predicted octanol–water partition coefficient (Wildman–Crippen LogP) is 7.94. The van der Waals surface area contributed by atoms with Gasteiger partial charge >= 0.3 is 11.9 Å². The first-order chi connectivity index (χ1) is 17.6. The Kier molecular flexibility index (Phi) is 25.8. The van der Waals surface area contributed by atoms with Crippen LogP contribution >= 0.6 is 0 Å². The second-order valence-electron chi connectivity index (χ2n) is 9.08. The third-order valence-electron chi connectivity index (χ3n) is 5.62. The van der Waals surface area contributed by atoms with Crippen LogP contribution in [-0.4, -0.2) is 36.4 Å². The first-order valence-corrected chi connectivity index (χ1v) is 14.2. The van der Waals surface area contributed by atoms with Gasteiger partial charge in [0, 0.05) is 12.8 Å². The van der Waals surface area contributed by atoms with E-state index < -0.39 is 6.10 Å². The first-order valence-electron chi connectivity index (χ1n) is 14.2. The van der Waals surface area contributed by atoms with Gasteiger partial charge in [-0.3, -0.25) is 9.59 Å². The summed E-state index contributed by atoms with van der Waals surface area (Å²) in [6.45, 7) is 3.88. The van der Waals surface area contributed by atoms with Crippen LogP contribution in [0.5, 0.6) is 0 Å². The van der Waals surface area contributed by atoms with E-state index >= 15 is 0 Å². The van der Waals surface area contributed by atoms with Crippen LogP contribution in [0.4, 0.5) is 0 Å². The largest absolute Gasteiger partial charge is 0.462 e. The average molecular weight is 505 g/mol. The van der Waals surface area contributed by atoms with Crippen LogP contribution in [0.3, 0.4) is 0 Å². The SMILES string of the molecule is CC/C=C/C/C=C/CCCCC(=O)OC(CO)COC(=O)CC/C=C/C/C=C/CCCCCCCC. The molecule has 0 aromatic rings. The van der Waals surface area contributed by atoms with Crippen molar-refractivity contribution in [3.8, 4) is 0 Å². The van der Waals surface area contributed by atoms with E-state index in [1.54, 1.807) is 0 Å². The van der Waals surface area contributed by atoms with E-state index in [2.05, 4.69) is 56.4 Å². The summed E-state index contributed by atoms with van der Waals surface area (Å²) in [6.07, 6.45) is 31.8. The summed E-state index contributed by atoms with van der Waals surface area (Å²) in [5, 5.41) is 9.42. The Hall–Kier alpha value is -2.14. The Morgan fingerprint density at radius 2 is 1.25 bits per heavy atom. The fourth-order valence-corrected chi connectivity index (χ4v) is 3.46. The maximum Gasteiger partial charge on any atom is 0.306 e. The lowest BCUT2D eigenvalue weighted by molar-refractivity contribution is -0.161. The Morgan fingerprint density at radius 3 is 1.89 bits per heavy atom. The second-order valence-corrected chi connectivity index (χ2v) is 9.08. The zero-order valence-corrected chi connectivity index (χ0v) is 23.0. The molecular formula is C31H52O5. The molecule has 0 aliphatic rings. The van der Waals surface area contributed by atoms with Crippen LogP contribution in [0, 0.1) is 0 Å². The zero-order chi connectivity index (χ0) is 26.5. The average Bonchev–Trinajstić information content (AvgIpc) is 2.88. The molecule has 0 aromatic heterocycles. The lowest BCUT2D eigenvalue weighted by atomic mass is 10.1. The van der Waals surface area contributed by atoms with Crippen molar-refractivity contribution in [2.24, 2.45) is 0 Å². The van der Waals surface area contributed by atoms with Gasteiger partial charge in [0.15, 0.2) is 6.10 Å². The van der Waals surface area contributed by atoms with Crippen molar-refractivity contribution in [1.82, 2.24) is 0 Å². The molecule has 0 saturated carbocycles. The van der Waals surface area contributed by atoms with Gasteiger partial charge in [0.25, 0.3) is 0 Å². The molecule has 36 heavy (non-hydrogen) atoms. The van der Waals surface area contributed by atoms with Gasteiger partial charge < -0.3 is 14.6 Å². The highest BCUT2D eigenvalue weighted by molar-refractivity contribution is 5.70. The molecule has 0 bridgehead atoms. The summed E-state index contributed by atoms with van der Waals surface area (Å²) in [5.41, 5.74) is 0. The lowest BCUT2D eigenvalue weighted by Crippen LogP contribution is -2.28. The minimum Gasteiger partial charge on any atom is -0.462 e. The van der Waals surface area contributed by atoms with Crippen molar-refractivity contribution in [3.05, 3.63) is 48.6 Å². The molecule has 0 aromatic carbocycles. The smallest absolute Gasteiger partial charge is 0.306 e. The van der Waals surface area contributed by atoms with E-state index in [1.165, 1.54) is 38.5 Å². The summed E-state index contributed by atoms with van der Waals surface area (Å²) < 4.78 is 10.4. The highest BCUT2D eigenvalue weighted by atomic mass is 16.6. The molecule has 0 aliphatic heterocycles. The lowest BCUT2D eigenvalue weighted by Gasteiger charge is -2.15. The van der Waals surface area contributed by atoms with Gasteiger partial charge in [-0.25, -0.2) is 0 Å². The van der Waals surface area contributed by atoms with Gasteiger partial charge in [-0.05, 0) is 57.8 Å². The molecule has 0 radical (unpaired) electrons. The number of aliphatic hydroxyl groups is 1. The van der Waals surface area contributed by atoms with Gasteiger partial charge in [-0.2, -0.15) is 0 Å².